The zero-order valence-electron chi connectivity index (χ0n) is 23.5. The highest BCUT2D eigenvalue weighted by Gasteiger charge is 2.69. The SMILES string of the molecule is CC1(C)C(C(=O)N(CCN(Cc2ccccc2)C(=O)C2C(C)(C)C2(C)C)Cc2ccccc2)C1(C)C. The van der Waals surface area contributed by atoms with Crippen LogP contribution < -0.4 is 0 Å². The molecule has 0 atom stereocenters. The average molecular weight is 489 g/mol. The average Bonchev–Trinajstić information content (AvgIpc) is 3.43. The van der Waals surface area contributed by atoms with E-state index in [-0.39, 0.29) is 45.3 Å². The molecular weight excluding hydrogens is 444 g/mol. The summed E-state index contributed by atoms with van der Waals surface area (Å²) >= 11 is 0. The van der Waals surface area contributed by atoms with Crippen LogP contribution in [-0.4, -0.2) is 34.7 Å². The quantitative estimate of drug-likeness (QED) is 0.409. The summed E-state index contributed by atoms with van der Waals surface area (Å²) in [4.78, 5) is 31.7. The van der Waals surface area contributed by atoms with Gasteiger partial charge >= 0.3 is 0 Å². The summed E-state index contributed by atoms with van der Waals surface area (Å²) in [6.07, 6.45) is 0. The molecule has 2 aromatic carbocycles. The topological polar surface area (TPSA) is 40.6 Å². The van der Waals surface area contributed by atoms with Crippen LogP contribution in [-0.2, 0) is 22.7 Å². The van der Waals surface area contributed by atoms with Crippen LogP contribution in [0.15, 0.2) is 60.7 Å². The summed E-state index contributed by atoms with van der Waals surface area (Å²) in [7, 11) is 0. The Morgan fingerprint density at radius 2 is 0.833 bits per heavy atom. The molecule has 0 bridgehead atoms. The van der Waals surface area contributed by atoms with Gasteiger partial charge in [0.1, 0.15) is 0 Å². The van der Waals surface area contributed by atoms with Crippen LogP contribution in [0.5, 0.6) is 0 Å². The smallest absolute Gasteiger partial charge is 0.227 e. The first kappa shape index (κ1) is 26.4. The molecule has 0 N–H and O–H groups in total. The molecular formula is C32H44N2O2. The van der Waals surface area contributed by atoms with Crippen molar-refractivity contribution >= 4 is 11.8 Å². The number of benzene rings is 2. The maximum Gasteiger partial charge on any atom is 0.227 e. The molecule has 2 saturated carbocycles. The molecule has 0 aliphatic heterocycles. The van der Waals surface area contributed by atoms with Crippen molar-refractivity contribution in [3.05, 3.63) is 71.8 Å². The number of hydrogen-bond donors (Lipinski definition) is 0. The van der Waals surface area contributed by atoms with Gasteiger partial charge in [-0.05, 0) is 32.8 Å². The van der Waals surface area contributed by atoms with Gasteiger partial charge in [0.15, 0.2) is 0 Å². The molecule has 0 saturated heterocycles. The van der Waals surface area contributed by atoms with Gasteiger partial charge in [0.25, 0.3) is 0 Å². The van der Waals surface area contributed by atoms with E-state index in [9.17, 15) is 9.59 Å². The van der Waals surface area contributed by atoms with Crippen LogP contribution in [0, 0.1) is 33.5 Å². The third-order valence-electron chi connectivity index (χ3n) is 10.2. The van der Waals surface area contributed by atoms with E-state index in [1.165, 1.54) is 0 Å². The Balaban J connectivity index is 1.56. The molecule has 2 fully saturated rings. The molecule has 2 aromatic rings. The van der Waals surface area contributed by atoms with Crippen LogP contribution in [0.25, 0.3) is 0 Å². The number of nitrogens with zero attached hydrogens (tertiary/aromatic N) is 2. The molecule has 4 nitrogen and oxygen atoms in total. The molecule has 36 heavy (non-hydrogen) atoms. The van der Waals surface area contributed by atoms with Gasteiger partial charge in [-0.2, -0.15) is 0 Å². The maximum atomic E-state index is 13.9. The predicted octanol–water partition coefficient (Wildman–Crippen LogP) is 6.41. The molecule has 4 rings (SSSR count). The van der Waals surface area contributed by atoms with E-state index in [2.05, 4.69) is 79.7 Å². The van der Waals surface area contributed by atoms with Crippen molar-refractivity contribution in [2.24, 2.45) is 33.5 Å². The Hall–Kier alpha value is -2.62. The fourth-order valence-electron chi connectivity index (χ4n) is 6.38. The highest BCUT2D eigenvalue weighted by atomic mass is 16.2. The van der Waals surface area contributed by atoms with Crippen molar-refractivity contribution in [1.29, 1.82) is 0 Å². The van der Waals surface area contributed by atoms with E-state index in [1.807, 2.05) is 46.2 Å². The largest absolute Gasteiger partial charge is 0.336 e. The Kier molecular flexibility index (Phi) is 6.64. The Bertz CT molecular complexity index is 984. The van der Waals surface area contributed by atoms with Crippen LogP contribution in [0.1, 0.15) is 66.5 Å². The molecule has 0 radical (unpaired) electrons. The second kappa shape index (κ2) is 9.04. The van der Waals surface area contributed by atoms with E-state index in [0.717, 1.165) is 11.1 Å². The summed E-state index contributed by atoms with van der Waals surface area (Å²) in [5, 5.41) is 0. The van der Waals surface area contributed by atoms with Crippen molar-refractivity contribution in [3.63, 3.8) is 0 Å². The Labute approximate surface area is 218 Å². The number of rotatable bonds is 9. The highest BCUT2D eigenvalue weighted by molar-refractivity contribution is 5.85. The minimum absolute atomic E-state index is 0.00622. The molecule has 0 aromatic heterocycles. The van der Waals surface area contributed by atoms with Gasteiger partial charge in [-0.15, -0.1) is 0 Å². The van der Waals surface area contributed by atoms with Crippen LogP contribution >= 0.6 is 0 Å². The standard InChI is InChI=1S/C32H44N2O2/c1-29(2)25(30(29,3)4)27(35)33(21-23-15-11-9-12-16-23)19-20-34(22-24-17-13-10-14-18-24)28(36)26-31(5,6)32(26,7)8/h9-18,25-26H,19-22H2,1-8H3. The van der Waals surface area contributed by atoms with Crippen molar-refractivity contribution in [2.45, 2.75) is 68.5 Å². The van der Waals surface area contributed by atoms with Crippen molar-refractivity contribution in [1.82, 2.24) is 9.80 Å². The van der Waals surface area contributed by atoms with E-state index in [4.69, 9.17) is 0 Å². The van der Waals surface area contributed by atoms with Crippen molar-refractivity contribution in [2.75, 3.05) is 13.1 Å². The predicted molar refractivity (Wildman–Crippen MR) is 146 cm³/mol. The lowest BCUT2D eigenvalue weighted by molar-refractivity contribution is -0.138. The van der Waals surface area contributed by atoms with Gasteiger partial charge < -0.3 is 9.80 Å². The maximum absolute atomic E-state index is 13.9. The monoisotopic (exact) mass is 488 g/mol. The normalized spacial score (nSPS) is 21.0. The summed E-state index contributed by atoms with van der Waals surface area (Å²) in [6.45, 7) is 19.7. The minimum Gasteiger partial charge on any atom is -0.336 e. The van der Waals surface area contributed by atoms with E-state index in [1.54, 1.807) is 0 Å². The summed E-state index contributed by atoms with van der Waals surface area (Å²) < 4.78 is 0. The Morgan fingerprint density at radius 3 is 1.08 bits per heavy atom. The fourth-order valence-corrected chi connectivity index (χ4v) is 6.38. The molecule has 2 amide bonds. The summed E-state index contributed by atoms with van der Waals surface area (Å²) in [5.41, 5.74) is 2.13. The summed E-state index contributed by atoms with van der Waals surface area (Å²) in [5.74, 6) is 0.391. The van der Waals surface area contributed by atoms with Gasteiger partial charge in [0.05, 0.1) is 0 Å². The lowest BCUT2D eigenvalue weighted by Gasteiger charge is -2.30. The van der Waals surface area contributed by atoms with Crippen LogP contribution in [0.4, 0.5) is 0 Å². The minimum atomic E-state index is -0.0272. The number of amides is 2. The fraction of sp³-hybridized carbons (Fsp3) is 0.562. The first-order chi connectivity index (χ1) is 16.7. The lowest BCUT2D eigenvalue weighted by Crippen LogP contribution is -2.42. The molecule has 194 valence electrons. The lowest BCUT2D eigenvalue weighted by atomic mass is 10.0. The Morgan fingerprint density at radius 1 is 0.556 bits per heavy atom. The third kappa shape index (κ3) is 4.48. The number of hydrogen-bond acceptors (Lipinski definition) is 2. The first-order valence-electron chi connectivity index (χ1n) is 13.4. The molecule has 2 aliphatic carbocycles. The zero-order chi connectivity index (χ0) is 26.5. The van der Waals surface area contributed by atoms with Gasteiger partial charge in [-0.1, -0.05) is 116 Å². The van der Waals surface area contributed by atoms with Gasteiger partial charge in [0.2, 0.25) is 11.8 Å². The second-order valence-corrected chi connectivity index (χ2v) is 13.2. The van der Waals surface area contributed by atoms with Crippen LogP contribution in [0.2, 0.25) is 0 Å². The molecule has 0 spiro atoms. The first-order valence-corrected chi connectivity index (χ1v) is 13.4. The molecule has 0 heterocycles. The van der Waals surface area contributed by atoms with Gasteiger partial charge in [-0.25, -0.2) is 0 Å². The van der Waals surface area contributed by atoms with Crippen molar-refractivity contribution < 1.29 is 9.59 Å². The highest BCUT2D eigenvalue weighted by Crippen LogP contribution is 2.69. The van der Waals surface area contributed by atoms with E-state index < -0.39 is 0 Å². The molecule has 4 heteroatoms. The molecule has 0 unspecified atom stereocenters. The zero-order valence-corrected chi connectivity index (χ0v) is 23.5. The molecule has 2 aliphatic rings. The van der Waals surface area contributed by atoms with E-state index >= 15 is 0 Å². The third-order valence-corrected chi connectivity index (χ3v) is 10.2. The second-order valence-electron chi connectivity index (χ2n) is 13.2. The van der Waals surface area contributed by atoms with Gasteiger partial charge in [0, 0.05) is 38.0 Å². The van der Waals surface area contributed by atoms with Crippen molar-refractivity contribution in [3.8, 4) is 0 Å². The van der Waals surface area contributed by atoms with Crippen LogP contribution in [0.3, 0.4) is 0 Å². The summed E-state index contributed by atoms with van der Waals surface area (Å²) in [6, 6.07) is 20.4. The van der Waals surface area contributed by atoms with E-state index in [0.29, 0.717) is 26.2 Å². The number of carbonyl (C=O) groups excluding carboxylic acids is 2. The van der Waals surface area contributed by atoms with Gasteiger partial charge in [-0.3, -0.25) is 9.59 Å². The number of carbonyl (C=O) groups is 2.